The number of hydrogen-bond donors (Lipinski definition) is 6. The molecule has 0 atom stereocenters. The van der Waals surface area contributed by atoms with Gasteiger partial charge in [-0.05, 0) is 20.8 Å². The third kappa shape index (κ3) is 3.62. The van der Waals surface area contributed by atoms with Gasteiger partial charge in [-0.2, -0.15) is 0 Å². The number of phenolic OH excluding ortho intramolecular Hbond substituents is 6. The van der Waals surface area contributed by atoms with Crippen LogP contribution in [0.15, 0.2) is 18.2 Å². The molecule has 0 fully saturated rings. The quantitative estimate of drug-likeness (QED) is 0.444. The molecule has 2 aromatic rings. The average Bonchev–Trinajstić information content (AvgIpc) is 2.40. The van der Waals surface area contributed by atoms with Crippen LogP contribution in [0.5, 0.6) is 34.5 Å². The molecule has 0 saturated heterocycles. The van der Waals surface area contributed by atoms with E-state index in [-0.39, 0.29) is 34.5 Å². The zero-order valence-electron chi connectivity index (χ0n) is 11.9. The molecule has 2 aromatic carbocycles. The predicted molar refractivity (Wildman–Crippen MR) is 77.1 cm³/mol. The van der Waals surface area contributed by atoms with Crippen molar-refractivity contribution >= 4 is 0 Å². The molecule has 0 aliphatic heterocycles. The summed E-state index contributed by atoms with van der Waals surface area (Å²) in [7, 11) is 0. The Morgan fingerprint density at radius 2 is 0.667 bits per heavy atom. The minimum absolute atomic E-state index is 0.0457. The highest BCUT2D eigenvalue weighted by Gasteiger charge is 2.14. The van der Waals surface area contributed by atoms with E-state index in [2.05, 4.69) is 0 Å². The lowest BCUT2D eigenvalue weighted by Gasteiger charge is -2.10. The highest BCUT2D eigenvalue weighted by atomic mass is 16.3. The van der Waals surface area contributed by atoms with E-state index in [0.29, 0.717) is 16.7 Å². The lowest BCUT2D eigenvalue weighted by molar-refractivity contribution is 0.412. The molecule has 0 aromatic heterocycles. The average molecular weight is 294 g/mol. The molecule has 0 spiro atoms. The van der Waals surface area contributed by atoms with Gasteiger partial charge >= 0.3 is 0 Å². The normalized spacial score (nSPS) is 9.86. The van der Waals surface area contributed by atoms with Crippen molar-refractivity contribution in [2.45, 2.75) is 20.8 Å². The first kappa shape index (κ1) is 16.3. The van der Waals surface area contributed by atoms with Crippen LogP contribution in [0, 0.1) is 20.8 Å². The Morgan fingerprint density at radius 1 is 0.476 bits per heavy atom. The predicted octanol–water partition coefficient (Wildman–Crippen LogP) is 2.53. The number of benzene rings is 2. The molecular formula is C15H18O6. The summed E-state index contributed by atoms with van der Waals surface area (Å²) in [4.78, 5) is 0. The van der Waals surface area contributed by atoms with Crippen molar-refractivity contribution < 1.29 is 30.6 Å². The van der Waals surface area contributed by atoms with Crippen molar-refractivity contribution in [3.63, 3.8) is 0 Å². The van der Waals surface area contributed by atoms with E-state index < -0.39 is 0 Å². The lowest BCUT2D eigenvalue weighted by Crippen LogP contribution is -1.87. The molecule has 114 valence electrons. The monoisotopic (exact) mass is 294 g/mol. The Kier molecular flexibility index (Phi) is 4.75. The molecule has 0 aliphatic rings. The SMILES string of the molecule is Cc1c(O)c(C)c(O)c(C)c1O.Oc1cc(O)cc(O)c1. The zero-order chi connectivity index (χ0) is 16.3. The Morgan fingerprint density at radius 3 is 0.857 bits per heavy atom. The Balaban J connectivity index is 0.000000219. The van der Waals surface area contributed by atoms with E-state index in [1.54, 1.807) is 20.8 Å². The number of phenols is 6. The molecule has 6 N–H and O–H groups in total. The summed E-state index contributed by atoms with van der Waals surface area (Å²) in [6, 6.07) is 3.42. The van der Waals surface area contributed by atoms with Crippen molar-refractivity contribution in [2.75, 3.05) is 0 Å². The van der Waals surface area contributed by atoms with Crippen LogP contribution >= 0.6 is 0 Å². The second-order valence-electron chi connectivity index (χ2n) is 4.63. The van der Waals surface area contributed by atoms with Gasteiger partial charge in [-0.1, -0.05) is 0 Å². The molecule has 0 aliphatic carbocycles. The van der Waals surface area contributed by atoms with E-state index in [1.807, 2.05) is 0 Å². The molecular weight excluding hydrogens is 276 g/mol. The Hall–Kier alpha value is -2.76. The van der Waals surface area contributed by atoms with E-state index >= 15 is 0 Å². The first-order chi connectivity index (χ1) is 9.65. The summed E-state index contributed by atoms with van der Waals surface area (Å²) in [6.45, 7) is 4.80. The summed E-state index contributed by atoms with van der Waals surface area (Å²) in [5, 5.41) is 54.1. The third-order valence-corrected chi connectivity index (χ3v) is 3.02. The first-order valence-corrected chi connectivity index (χ1v) is 6.07. The molecule has 2 rings (SSSR count). The van der Waals surface area contributed by atoms with Crippen molar-refractivity contribution in [1.82, 2.24) is 0 Å². The largest absolute Gasteiger partial charge is 0.508 e. The Labute approximate surface area is 121 Å². The second kappa shape index (κ2) is 6.13. The summed E-state index contributed by atoms with van der Waals surface area (Å²) < 4.78 is 0. The van der Waals surface area contributed by atoms with Crippen LogP contribution in [-0.4, -0.2) is 30.6 Å². The van der Waals surface area contributed by atoms with Gasteiger partial charge in [-0.3, -0.25) is 0 Å². The molecule has 21 heavy (non-hydrogen) atoms. The fraction of sp³-hybridized carbons (Fsp3) is 0.200. The molecule has 0 bridgehead atoms. The van der Waals surface area contributed by atoms with Gasteiger partial charge in [0.25, 0.3) is 0 Å². The summed E-state index contributed by atoms with van der Waals surface area (Å²) in [5.74, 6) is -0.575. The molecule has 6 heteroatoms. The van der Waals surface area contributed by atoms with E-state index in [9.17, 15) is 15.3 Å². The summed E-state index contributed by atoms with van der Waals surface area (Å²) >= 11 is 0. The lowest BCUT2D eigenvalue weighted by atomic mass is 10.0. The number of rotatable bonds is 0. The van der Waals surface area contributed by atoms with E-state index in [4.69, 9.17) is 15.3 Å². The molecule has 0 heterocycles. The van der Waals surface area contributed by atoms with Crippen LogP contribution in [0.3, 0.4) is 0 Å². The van der Waals surface area contributed by atoms with Crippen LogP contribution in [0.4, 0.5) is 0 Å². The molecule has 0 unspecified atom stereocenters. The number of hydrogen-bond acceptors (Lipinski definition) is 6. The van der Waals surface area contributed by atoms with Gasteiger partial charge < -0.3 is 30.6 Å². The maximum atomic E-state index is 9.37. The first-order valence-electron chi connectivity index (χ1n) is 6.07. The van der Waals surface area contributed by atoms with E-state index in [1.165, 1.54) is 0 Å². The van der Waals surface area contributed by atoms with Crippen LogP contribution in [-0.2, 0) is 0 Å². The number of aromatic hydroxyl groups is 6. The van der Waals surface area contributed by atoms with Crippen LogP contribution in [0.1, 0.15) is 16.7 Å². The topological polar surface area (TPSA) is 121 Å². The molecule has 0 saturated carbocycles. The van der Waals surface area contributed by atoms with Crippen LogP contribution in [0.2, 0.25) is 0 Å². The smallest absolute Gasteiger partial charge is 0.128 e. The second-order valence-corrected chi connectivity index (χ2v) is 4.63. The third-order valence-electron chi connectivity index (χ3n) is 3.02. The molecule has 0 amide bonds. The van der Waals surface area contributed by atoms with Crippen LogP contribution in [0.25, 0.3) is 0 Å². The van der Waals surface area contributed by atoms with Gasteiger partial charge in [-0.15, -0.1) is 0 Å². The van der Waals surface area contributed by atoms with Crippen molar-refractivity contribution in [3.8, 4) is 34.5 Å². The van der Waals surface area contributed by atoms with Crippen molar-refractivity contribution in [2.24, 2.45) is 0 Å². The summed E-state index contributed by atoms with van der Waals surface area (Å²) in [6.07, 6.45) is 0. The van der Waals surface area contributed by atoms with Crippen molar-refractivity contribution in [1.29, 1.82) is 0 Å². The fourth-order valence-corrected chi connectivity index (χ4v) is 1.76. The van der Waals surface area contributed by atoms with Gasteiger partial charge in [0, 0.05) is 34.9 Å². The Bertz CT molecular complexity index is 508. The molecule has 6 nitrogen and oxygen atoms in total. The van der Waals surface area contributed by atoms with Gasteiger partial charge in [-0.25, -0.2) is 0 Å². The van der Waals surface area contributed by atoms with Gasteiger partial charge in [0.2, 0.25) is 0 Å². The zero-order valence-corrected chi connectivity index (χ0v) is 11.9. The van der Waals surface area contributed by atoms with Crippen LogP contribution < -0.4 is 0 Å². The maximum absolute atomic E-state index is 9.37. The van der Waals surface area contributed by atoms with Crippen molar-refractivity contribution in [3.05, 3.63) is 34.9 Å². The minimum atomic E-state index is -0.146. The van der Waals surface area contributed by atoms with Gasteiger partial charge in [0.1, 0.15) is 34.5 Å². The van der Waals surface area contributed by atoms with Gasteiger partial charge in [0.05, 0.1) is 0 Å². The highest BCUT2D eigenvalue weighted by molar-refractivity contribution is 5.59. The van der Waals surface area contributed by atoms with Gasteiger partial charge in [0.15, 0.2) is 0 Å². The molecule has 0 radical (unpaired) electrons. The summed E-state index contributed by atoms with van der Waals surface area (Å²) in [5.41, 5.74) is 1.22. The minimum Gasteiger partial charge on any atom is -0.508 e. The standard InChI is InChI=1S/C9H12O3.C6H6O3/c1-4-7(10)5(2)9(12)6(3)8(4)11;7-4-1-5(8)3-6(9)2-4/h10-12H,1-3H3;1-3,7-9H. The maximum Gasteiger partial charge on any atom is 0.128 e. The highest BCUT2D eigenvalue weighted by Crippen LogP contribution is 2.39. The van der Waals surface area contributed by atoms with E-state index in [0.717, 1.165) is 18.2 Å². The fourth-order valence-electron chi connectivity index (χ4n) is 1.76.